The van der Waals surface area contributed by atoms with Crippen LogP contribution in [0.3, 0.4) is 0 Å². The maximum atomic E-state index is 10.7. The summed E-state index contributed by atoms with van der Waals surface area (Å²) in [6, 6.07) is 1.76. The van der Waals surface area contributed by atoms with Crippen LogP contribution in [-0.4, -0.2) is 37.7 Å². The average Bonchev–Trinajstić information content (AvgIpc) is 2.23. The molecule has 0 fully saturated rings. The average molecular weight is 244 g/mol. The normalized spacial score (nSPS) is 11.6. The predicted octanol–water partition coefficient (Wildman–Crippen LogP) is -0.494. The molecule has 0 saturated heterocycles. The van der Waals surface area contributed by atoms with E-state index in [1.807, 2.05) is 0 Å². The molecule has 1 aromatic heterocycles. The molecule has 1 heterocycles. The van der Waals surface area contributed by atoms with Crippen LogP contribution in [0.25, 0.3) is 0 Å². The number of hydrogen-bond donors (Lipinski definition) is 2. The lowest BCUT2D eigenvalue weighted by molar-refractivity contribution is 0.577. The monoisotopic (exact) mass is 244 g/mol. The molecule has 0 aliphatic rings. The molecule has 0 bridgehead atoms. The molecule has 6 nitrogen and oxygen atoms in total. The second kappa shape index (κ2) is 6.51. The Morgan fingerprint density at radius 3 is 2.56 bits per heavy atom. The molecular weight excluding hydrogens is 228 g/mol. The highest BCUT2D eigenvalue weighted by atomic mass is 32.2. The van der Waals surface area contributed by atoms with Gasteiger partial charge in [0.1, 0.15) is 5.82 Å². The lowest BCUT2D eigenvalue weighted by Gasteiger charge is -2.04. The summed E-state index contributed by atoms with van der Waals surface area (Å²) in [5, 5.41) is 3.13. The van der Waals surface area contributed by atoms with Crippen LogP contribution in [-0.2, 0) is 16.6 Å². The molecule has 16 heavy (non-hydrogen) atoms. The Morgan fingerprint density at radius 1 is 1.25 bits per heavy atom. The summed E-state index contributed by atoms with van der Waals surface area (Å²) in [5.74, 6) is 0.735. The largest absolute Gasteiger partial charge is 0.310 e. The van der Waals surface area contributed by atoms with Crippen molar-refractivity contribution in [2.24, 2.45) is 0 Å². The highest BCUT2D eigenvalue weighted by Crippen LogP contribution is 1.86. The van der Waals surface area contributed by atoms with Crippen molar-refractivity contribution in [2.75, 3.05) is 19.3 Å². The molecule has 0 aliphatic heterocycles. The van der Waals surface area contributed by atoms with E-state index in [1.165, 1.54) is 0 Å². The number of nitrogens with zero attached hydrogens (tertiary/aromatic N) is 2. The van der Waals surface area contributed by atoms with Crippen LogP contribution in [0.5, 0.6) is 0 Å². The van der Waals surface area contributed by atoms with Gasteiger partial charge in [0.05, 0.1) is 12.8 Å². The first kappa shape index (κ1) is 13.0. The van der Waals surface area contributed by atoms with E-state index >= 15 is 0 Å². The van der Waals surface area contributed by atoms with Crippen LogP contribution in [0.4, 0.5) is 0 Å². The van der Waals surface area contributed by atoms with Gasteiger partial charge < -0.3 is 5.32 Å². The van der Waals surface area contributed by atoms with Gasteiger partial charge in [0.25, 0.3) is 0 Å². The molecule has 7 heteroatoms. The van der Waals surface area contributed by atoms with Crippen LogP contribution < -0.4 is 10.0 Å². The number of rotatable bonds is 7. The number of aromatic nitrogens is 2. The zero-order valence-corrected chi connectivity index (χ0v) is 10.00. The second-order valence-electron chi connectivity index (χ2n) is 3.36. The van der Waals surface area contributed by atoms with Crippen LogP contribution in [0.1, 0.15) is 12.2 Å². The third-order valence-electron chi connectivity index (χ3n) is 1.80. The van der Waals surface area contributed by atoms with E-state index in [1.54, 1.807) is 18.5 Å². The zero-order valence-electron chi connectivity index (χ0n) is 9.18. The van der Waals surface area contributed by atoms with Crippen molar-refractivity contribution >= 4 is 10.0 Å². The quantitative estimate of drug-likeness (QED) is 0.632. The van der Waals surface area contributed by atoms with E-state index in [0.29, 0.717) is 13.1 Å². The Morgan fingerprint density at radius 2 is 1.94 bits per heavy atom. The Bertz CT molecular complexity index is 393. The molecule has 0 spiro atoms. The molecule has 0 unspecified atom stereocenters. The molecule has 0 aromatic carbocycles. The first-order valence-electron chi connectivity index (χ1n) is 4.99. The summed E-state index contributed by atoms with van der Waals surface area (Å²) < 4.78 is 23.9. The van der Waals surface area contributed by atoms with Crippen molar-refractivity contribution in [1.82, 2.24) is 20.0 Å². The van der Waals surface area contributed by atoms with Gasteiger partial charge in [-0.3, -0.25) is 0 Å². The second-order valence-corrected chi connectivity index (χ2v) is 5.19. The molecule has 0 atom stereocenters. The molecule has 0 amide bonds. The van der Waals surface area contributed by atoms with Crippen LogP contribution in [0, 0.1) is 0 Å². The van der Waals surface area contributed by atoms with E-state index in [-0.39, 0.29) is 0 Å². The molecule has 2 N–H and O–H groups in total. The number of sulfonamides is 1. The van der Waals surface area contributed by atoms with Crippen molar-refractivity contribution in [3.8, 4) is 0 Å². The fraction of sp³-hybridized carbons (Fsp3) is 0.556. The zero-order chi connectivity index (χ0) is 11.9. The van der Waals surface area contributed by atoms with E-state index in [4.69, 9.17) is 0 Å². The summed E-state index contributed by atoms with van der Waals surface area (Å²) in [5.41, 5.74) is 0. The minimum Gasteiger partial charge on any atom is -0.310 e. The maximum absolute atomic E-state index is 10.7. The lowest BCUT2D eigenvalue weighted by Crippen LogP contribution is -2.26. The summed E-state index contributed by atoms with van der Waals surface area (Å²) in [6.07, 6.45) is 5.27. The summed E-state index contributed by atoms with van der Waals surface area (Å²) in [7, 11) is -3.07. The van der Waals surface area contributed by atoms with Gasteiger partial charge in [-0.2, -0.15) is 0 Å². The van der Waals surface area contributed by atoms with Gasteiger partial charge in [0.15, 0.2) is 0 Å². The minimum absolute atomic E-state index is 0.446. The fourth-order valence-corrected chi connectivity index (χ4v) is 1.61. The SMILES string of the molecule is CS(=O)(=O)NCCCNCc1ncccn1. The number of nitrogens with one attached hydrogen (secondary N) is 2. The van der Waals surface area contributed by atoms with Gasteiger partial charge in [-0.1, -0.05) is 0 Å². The molecule has 1 rings (SSSR count). The fourth-order valence-electron chi connectivity index (χ4n) is 1.09. The van der Waals surface area contributed by atoms with E-state index in [9.17, 15) is 8.42 Å². The van der Waals surface area contributed by atoms with E-state index in [0.717, 1.165) is 25.0 Å². The summed E-state index contributed by atoms with van der Waals surface area (Å²) in [4.78, 5) is 8.10. The Kier molecular flexibility index (Phi) is 5.30. The van der Waals surface area contributed by atoms with Crippen LogP contribution in [0.15, 0.2) is 18.5 Å². The van der Waals surface area contributed by atoms with Gasteiger partial charge in [-0.25, -0.2) is 23.1 Å². The molecule has 0 aliphatic carbocycles. The highest BCUT2D eigenvalue weighted by Gasteiger charge is 1.98. The van der Waals surface area contributed by atoms with Crippen molar-refractivity contribution in [1.29, 1.82) is 0 Å². The first-order chi connectivity index (χ1) is 7.58. The standard InChI is InChI=1S/C9H16N4O2S/c1-16(14,15)13-7-2-4-10-8-9-11-5-3-6-12-9/h3,5-6,10,13H,2,4,7-8H2,1H3. The molecule has 0 saturated carbocycles. The first-order valence-corrected chi connectivity index (χ1v) is 6.88. The molecule has 0 radical (unpaired) electrons. The minimum atomic E-state index is -3.07. The van der Waals surface area contributed by atoms with E-state index < -0.39 is 10.0 Å². The van der Waals surface area contributed by atoms with Crippen molar-refractivity contribution < 1.29 is 8.42 Å². The van der Waals surface area contributed by atoms with Gasteiger partial charge >= 0.3 is 0 Å². The topological polar surface area (TPSA) is 84.0 Å². The molecule has 1 aromatic rings. The van der Waals surface area contributed by atoms with Crippen molar-refractivity contribution in [3.05, 3.63) is 24.3 Å². The smallest absolute Gasteiger partial charge is 0.208 e. The number of hydrogen-bond acceptors (Lipinski definition) is 5. The predicted molar refractivity (Wildman–Crippen MR) is 61.2 cm³/mol. The Labute approximate surface area is 95.6 Å². The van der Waals surface area contributed by atoms with Gasteiger partial charge in [0, 0.05) is 18.9 Å². The Hall–Kier alpha value is -1.05. The summed E-state index contributed by atoms with van der Waals surface area (Å²) >= 11 is 0. The van der Waals surface area contributed by atoms with Gasteiger partial charge in [0.2, 0.25) is 10.0 Å². The van der Waals surface area contributed by atoms with Crippen LogP contribution >= 0.6 is 0 Å². The molecular formula is C9H16N4O2S. The van der Waals surface area contributed by atoms with Gasteiger partial charge in [-0.05, 0) is 19.0 Å². The lowest BCUT2D eigenvalue weighted by atomic mass is 10.4. The summed E-state index contributed by atoms with van der Waals surface area (Å²) in [6.45, 7) is 1.77. The third kappa shape index (κ3) is 6.44. The highest BCUT2D eigenvalue weighted by molar-refractivity contribution is 7.88. The Balaban J connectivity index is 2.05. The van der Waals surface area contributed by atoms with Gasteiger partial charge in [-0.15, -0.1) is 0 Å². The van der Waals surface area contributed by atoms with Crippen LogP contribution in [0.2, 0.25) is 0 Å². The van der Waals surface area contributed by atoms with Crippen molar-refractivity contribution in [2.45, 2.75) is 13.0 Å². The van der Waals surface area contributed by atoms with E-state index in [2.05, 4.69) is 20.0 Å². The third-order valence-corrected chi connectivity index (χ3v) is 2.53. The maximum Gasteiger partial charge on any atom is 0.208 e. The van der Waals surface area contributed by atoms with Crippen molar-refractivity contribution in [3.63, 3.8) is 0 Å². The molecule has 90 valence electrons.